The standard InChI is InChI=1S/C9H19NO2/c1-3-11-7-12-9-4-8(5-9)6-10-2/h8-10H,3-7H2,1-2H3. The molecule has 1 saturated carbocycles. The first kappa shape index (κ1) is 9.96. The molecule has 0 aromatic heterocycles. The zero-order chi connectivity index (χ0) is 8.81. The van der Waals surface area contributed by atoms with E-state index in [-0.39, 0.29) is 0 Å². The van der Waals surface area contributed by atoms with Crippen LogP contribution in [-0.2, 0) is 9.47 Å². The molecule has 0 radical (unpaired) electrons. The van der Waals surface area contributed by atoms with Gasteiger partial charge in [0.1, 0.15) is 6.79 Å². The van der Waals surface area contributed by atoms with E-state index < -0.39 is 0 Å². The molecule has 0 aromatic rings. The van der Waals surface area contributed by atoms with Gasteiger partial charge >= 0.3 is 0 Å². The summed E-state index contributed by atoms with van der Waals surface area (Å²) in [6.07, 6.45) is 2.83. The van der Waals surface area contributed by atoms with E-state index in [1.165, 1.54) is 12.8 Å². The highest BCUT2D eigenvalue weighted by Crippen LogP contribution is 2.29. The summed E-state index contributed by atoms with van der Waals surface area (Å²) in [6, 6.07) is 0. The quantitative estimate of drug-likeness (QED) is 0.480. The van der Waals surface area contributed by atoms with Crippen molar-refractivity contribution in [2.75, 3.05) is 27.0 Å². The van der Waals surface area contributed by atoms with Crippen LogP contribution in [0.5, 0.6) is 0 Å². The van der Waals surface area contributed by atoms with Crippen LogP contribution in [-0.4, -0.2) is 33.1 Å². The summed E-state index contributed by atoms with van der Waals surface area (Å²) >= 11 is 0. The fourth-order valence-corrected chi connectivity index (χ4v) is 1.49. The number of hydrogen-bond donors (Lipinski definition) is 1. The van der Waals surface area contributed by atoms with E-state index in [0.717, 1.165) is 19.1 Å². The van der Waals surface area contributed by atoms with E-state index in [1.807, 2.05) is 14.0 Å². The average Bonchev–Trinajstić information content (AvgIpc) is 2.00. The van der Waals surface area contributed by atoms with Gasteiger partial charge in [0.2, 0.25) is 0 Å². The van der Waals surface area contributed by atoms with Crippen LogP contribution in [0.15, 0.2) is 0 Å². The Morgan fingerprint density at radius 2 is 2.17 bits per heavy atom. The lowest BCUT2D eigenvalue weighted by atomic mass is 9.82. The molecule has 0 amide bonds. The van der Waals surface area contributed by atoms with Crippen LogP contribution in [0.3, 0.4) is 0 Å². The minimum Gasteiger partial charge on any atom is -0.356 e. The predicted molar refractivity (Wildman–Crippen MR) is 48.0 cm³/mol. The zero-order valence-corrected chi connectivity index (χ0v) is 8.01. The van der Waals surface area contributed by atoms with Gasteiger partial charge < -0.3 is 14.8 Å². The minimum absolute atomic E-state index is 0.454. The molecule has 1 rings (SSSR count). The summed E-state index contributed by atoms with van der Waals surface area (Å²) in [6.45, 7) is 4.31. The molecule has 12 heavy (non-hydrogen) atoms. The zero-order valence-electron chi connectivity index (χ0n) is 8.01. The fourth-order valence-electron chi connectivity index (χ4n) is 1.49. The smallest absolute Gasteiger partial charge is 0.147 e. The van der Waals surface area contributed by atoms with Crippen molar-refractivity contribution in [3.8, 4) is 0 Å². The van der Waals surface area contributed by atoms with Gasteiger partial charge in [-0.25, -0.2) is 0 Å². The minimum atomic E-state index is 0.454. The first-order chi connectivity index (χ1) is 5.86. The molecule has 0 aliphatic heterocycles. The molecule has 72 valence electrons. The summed E-state index contributed by atoms with van der Waals surface area (Å²) in [5.74, 6) is 0.821. The third-order valence-corrected chi connectivity index (χ3v) is 2.28. The summed E-state index contributed by atoms with van der Waals surface area (Å²) in [5.41, 5.74) is 0. The van der Waals surface area contributed by atoms with Crippen LogP contribution in [0.4, 0.5) is 0 Å². The molecule has 1 aliphatic rings. The first-order valence-corrected chi connectivity index (χ1v) is 4.70. The van der Waals surface area contributed by atoms with Gasteiger partial charge in [0.25, 0.3) is 0 Å². The lowest BCUT2D eigenvalue weighted by molar-refractivity contribution is -0.123. The Hall–Kier alpha value is -0.120. The Morgan fingerprint density at radius 3 is 2.75 bits per heavy atom. The molecule has 0 atom stereocenters. The van der Waals surface area contributed by atoms with E-state index in [9.17, 15) is 0 Å². The van der Waals surface area contributed by atoms with Crippen molar-refractivity contribution in [2.45, 2.75) is 25.9 Å². The fraction of sp³-hybridized carbons (Fsp3) is 1.00. The molecule has 0 bridgehead atoms. The van der Waals surface area contributed by atoms with Gasteiger partial charge in [-0.3, -0.25) is 0 Å². The molecule has 0 unspecified atom stereocenters. The molecular weight excluding hydrogens is 154 g/mol. The van der Waals surface area contributed by atoms with Crippen molar-refractivity contribution in [3.05, 3.63) is 0 Å². The number of hydrogen-bond acceptors (Lipinski definition) is 3. The third kappa shape index (κ3) is 3.09. The highest BCUT2D eigenvalue weighted by molar-refractivity contribution is 4.80. The van der Waals surface area contributed by atoms with E-state index in [2.05, 4.69) is 5.32 Å². The number of rotatable bonds is 6. The SMILES string of the molecule is CCOCOC1CC(CNC)C1. The van der Waals surface area contributed by atoms with Gasteiger partial charge in [0.05, 0.1) is 6.10 Å². The molecule has 1 aliphatic carbocycles. The Labute approximate surface area is 74.4 Å². The molecule has 1 N–H and O–H groups in total. The van der Waals surface area contributed by atoms with Crippen molar-refractivity contribution >= 4 is 0 Å². The lowest BCUT2D eigenvalue weighted by Gasteiger charge is -2.34. The maximum atomic E-state index is 5.44. The molecule has 0 saturated heterocycles. The predicted octanol–water partition coefficient (Wildman–Crippen LogP) is 0.995. The van der Waals surface area contributed by atoms with Crippen molar-refractivity contribution in [1.29, 1.82) is 0 Å². The molecular formula is C9H19NO2. The van der Waals surface area contributed by atoms with Crippen molar-refractivity contribution < 1.29 is 9.47 Å². The molecule has 0 aromatic carbocycles. The molecule has 1 fully saturated rings. The van der Waals surface area contributed by atoms with Crippen LogP contribution in [0, 0.1) is 5.92 Å². The van der Waals surface area contributed by atoms with Crippen LogP contribution >= 0.6 is 0 Å². The van der Waals surface area contributed by atoms with E-state index in [4.69, 9.17) is 9.47 Å². The highest BCUT2D eigenvalue weighted by Gasteiger charge is 2.28. The molecule has 3 heteroatoms. The van der Waals surface area contributed by atoms with Crippen LogP contribution in [0.25, 0.3) is 0 Å². The van der Waals surface area contributed by atoms with E-state index in [0.29, 0.717) is 12.9 Å². The monoisotopic (exact) mass is 173 g/mol. The lowest BCUT2D eigenvalue weighted by Crippen LogP contribution is -2.37. The van der Waals surface area contributed by atoms with Gasteiger partial charge in [-0.15, -0.1) is 0 Å². The molecule has 0 heterocycles. The van der Waals surface area contributed by atoms with E-state index in [1.54, 1.807) is 0 Å². The summed E-state index contributed by atoms with van der Waals surface area (Å²) in [5, 5.41) is 3.17. The normalized spacial score (nSPS) is 28.5. The number of ether oxygens (including phenoxy) is 2. The maximum Gasteiger partial charge on any atom is 0.147 e. The van der Waals surface area contributed by atoms with Gasteiger partial charge in [0.15, 0.2) is 0 Å². The second-order valence-corrected chi connectivity index (χ2v) is 3.29. The van der Waals surface area contributed by atoms with Crippen molar-refractivity contribution in [2.24, 2.45) is 5.92 Å². The summed E-state index contributed by atoms with van der Waals surface area (Å²) < 4.78 is 10.5. The van der Waals surface area contributed by atoms with Crippen LogP contribution in [0.1, 0.15) is 19.8 Å². The van der Waals surface area contributed by atoms with Gasteiger partial charge in [-0.05, 0) is 39.3 Å². The summed E-state index contributed by atoms with van der Waals surface area (Å²) in [4.78, 5) is 0. The topological polar surface area (TPSA) is 30.5 Å². The molecule has 0 spiro atoms. The summed E-state index contributed by atoms with van der Waals surface area (Å²) in [7, 11) is 1.99. The van der Waals surface area contributed by atoms with Crippen LogP contribution < -0.4 is 5.32 Å². The Bertz CT molecular complexity index is 110. The number of nitrogens with one attached hydrogen (secondary N) is 1. The largest absolute Gasteiger partial charge is 0.356 e. The van der Waals surface area contributed by atoms with Crippen molar-refractivity contribution in [1.82, 2.24) is 5.32 Å². The van der Waals surface area contributed by atoms with Crippen LogP contribution in [0.2, 0.25) is 0 Å². The Balaban J connectivity index is 1.88. The third-order valence-electron chi connectivity index (χ3n) is 2.28. The van der Waals surface area contributed by atoms with Gasteiger partial charge in [-0.2, -0.15) is 0 Å². The maximum absolute atomic E-state index is 5.44. The second-order valence-electron chi connectivity index (χ2n) is 3.29. The average molecular weight is 173 g/mol. The van der Waals surface area contributed by atoms with Gasteiger partial charge in [-0.1, -0.05) is 0 Å². The first-order valence-electron chi connectivity index (χ1n) is 4.70. The van der Waals surface area contributed by atoms with Crippen molar-refractivity contribution in [3.63, 3.8) is 0 Å². The Morgan fingerprint density at radius 1 is 1.42 bits per heavy atom. The Kier molecular flexibility index (Phi) is 4.58. The highest BCUT2D eigenvalue weighted by atomic mass is 16.7. The molecule has 3 nitrogen and oxygen atoms in total. The second kappa shape index (κ2) is 5.51. The van der Waals surface area contributed by atoms with Gasteiger partial charge in [0, 0.05) is 6.61 Å². The van der Waals surface area contributed by atoms with E-state index >= 15 is 0 Å².